The highest BCUT2D eigenvalue weighted by atomic mass is 16.2. The van der Waals surface area contributed by atoms with Gasteiger partial charge in [0.2, 0.25) is 0 Å². The largest absolute Gasteiger partial charge is 0.395 e. The molecule has 1 aromatic carbocycles. The molecule has 4 heteroatoms. The van der Waals surface area contributed by atoms with Crippen molar-refractivity contribution in [1.29, 1.82) is 0 Å². The normalized spacial score (nSPS) is 9.12. The van der Waals surface area contributed by atoms with Gasteiger partial charge in [-0.1, -0.05) is 17.9 Å². The topological polar surface area (TPSA) is 75.3 Å². The first kappa shape index (κ1) is 12.1. The van der Waals surface area contributed by atoms with E-state index < -0.39 is 6.03 Å². The minimum Gasteiger partial charge on any atom is -0.395 e. The van der Waals surface area contributed by atoms with Crippen molar-refractivity contribution >= 4 is 11.7 Å². The van der Waals surface area contributed by atoms with Crippen molar-refractivity contribution in [2.75, 3.05) is 11.9 Å². The molecule has 0 spiro atoms. The van der Waals surface area contributed by atoms with Crippen molar-refractivity contribution in [3.8, 4) is 11.8 Å². The molecule has 0 fully saturated rings. The lowest BCUT2D eigenvalue weighted by Gasteiger charge is -2.05. The molecule has 2 amide bonds. The van der Waals surface area contributed by atoms with Crippen LogP contribution in [0.15, 0.2) is 18.2 Å². The van der Waals surface area contributed by atoms with E-state index in [1.54, 1.807) is 6.07 Å². The van der Waals surface area contributed by atoms with Gasteiger partial charge in [-0.2, -0.15) is 0 Å². The molecule has 0 aromatic heterocycles. The number of nitrogens with two attached hydrogens (primary N) is 1. The van der Waals surface area contributed by atoms with Crippen LogP contribution in [0.2, 0.25) is 0 Å². The number of aliphatic hydroxyl groups is 1. The van der Waals surface area contributed by atoms with Gasteiger partial charge in [-0.15, -0.1) is 0 Å². The number of anilines is 1. The maximum atomic E-state index is 10.7. The Kier molecular flexibility index (Phi) is 4.37. The van der Waals surface area contributed by atoms with E-state index in [2.05, 4.69) is 17.2 Å². The zero-order chi connectivity index (χ0) is 12.0. The van der Waals surface area contributed by atoms with E-state index in [0.717, 1.165) is 11.1 Å². The first-order chi connectivity index (χ1) is 7.63. The molecule has 0 heterocycles. The van der Waals surface area contributed by atoms with Crippen molar-refractivity contribution in [3.63, 3.8) is 0 Å². The van der Waals surface area contributed by atoms with Crippen molar-refractivity contribution in [1.82, 2.24) is 0 Å². The van der Waals surface area contributed by atoms with Crippen LogP contribution in [0.4, 0.5) is 10.5 Å². The van der Waals surface area contributed by atoms with Gasteiger partial charge in [0, 0.05) is 17.7 Å². The highest BCUT2D eigenvalue weighted by Crippen LogP contribution is 2.15. The Morgan fingerprint density at radius 3 is 2.94 bits per heavy atom. The van der Waals surface area contributed by atoms with Crippen LogP contribution in [0.5, 0.6) is 0 Å². The average molecular weight is 218 g/mol. The molecular formula is C12H14N2O2. The molecule has 0 atom stereocenters. The fraction of sp³-hybridized carbons (Fsp3) is 0.250. The summed E-state index contributed by atoms with van der Waals surface area (Å²) in [7, 11) is 0. The zero-order valence-electron chi connectivity index (χ0n) is 9.08. The Bertz CT molecular complexity index is 444. The Labute approximate surface area is 94.5 Å². The summed E-state index contributed by atoms with van der Waals surface area (Å²) in [5, 5.41) is 11.1. The predicted octanol–water partition coefficient (Wildman–Crippen LogP) is 1.22. The van der Waals surface area contributed by atoms with Gasteiger partial charge in [-0.05, 0) is 24.6 Å². The van der Waals surface area contributed by atoms with Gasteiger partial charge in [-0.25, -0.2) is 4.79 Å². The number of aliphatic hydroxyl groups excluding tert-OH is 1. The lowest BCUT2D eigenvalue weighted by molar-refractivity contribution is 0.259. The molecule has 0 aliphatic carbocycles. The van der Waals surface area contributed by atoms with Crippen LogP contribution >= 0.6 is 0 Å². The van der Waals surface area contributed by atoms with Crippen LogP contribution in [0.1, 0.15) is 17.5 Å². The molecule has 4 nitrogen and oxygen atoms in total. The summed E-state index contributed by atoms with van der Waals surface area (Å²) in [6.45, 7) is 1.92. The minimum absolute atomic E-state index is 0.0469. The van der Waals surface area contributed by atoms with Gasteiger partial charge >= 0.3 is 6.03 Å². The number of hydrogen-bond donors (Lipinski definition) is 3. The second-order valence-corrected chi connectivity index (χ2v) is 3.29. The van der Waals surface area contributed by atoms with Crippen LogP contribution in [-0.2, 0) is 0 Å². The Morgan fingerprint density at radius 2 is 2.31 bits per heavy atom. The SMILES string of the molecule is Cc1ccc(C#CCCO)cc1NC(N)=O. The number of benzene rings is 1. The highest BCUT2D eigenvalue weighted by molar-refractivity contribution is 5.88. The first-order valence-corrected chi connectivity index (χ1v) is 4.90. The van der Waals surface area contributed by atoms with E-state index >= 15 is 0 Å². The molecule has 0 aliphatic heterocycles. The number of carbonyl (C=O) groups is 1. The quantitative estimate of drug-likeness (QED) is 0.653. The molecule has 4 N–H and O–H groups in total. The standard InChI is InChI=1S/C12H14N2O2/c1-9-5-6-10(4-2-3-7-15)8-11(9)14-12(13)16/h5-6,8,15H,3,7H2,1H3,(H3,13,14,16). The van der Waals surface area contributed by atoms with Crippen molar-refractivity contribution in [2.45, 2.75) is 13.3 Å². The predicted molar refractivity (Wildman–Crippen MR) is 63.0 cm³/mol. The summed E-state index contributed by atoms with van der Waals surface area (Å²) in [5.74, 6) is 5.69. The number of primary amides is 1. The smallest absolute Gasteiger partial charge is 0.316 e. The number of urea groups is 1. The summed E-state index contributed by atoms with van der Waals surface area (Å²) in [4.78, 5) is 10.7. The lowest BCUT2D eigenvalue weighted by atomic mass is 10.1. The fourth-order valence-electron chi connectivity index (χ4n) is 1.19. The van der Waals surface area contributed by atoms with E-state index in [0.29, 0.717) is 12.1 Å². The molecule has 1 rings (SSSR count). The summed E-state index contributed by atoms with van der Waals surface area (Å²) >= 11 is 0. The summed E-state index contributed by atoms with van der Waals surface area (Å²) in [6.07, 6.45) is 0.437. The molecule has 0 saturated heterocycles. The van der Waals surface area contributed by atoms with Gasteiger partial charge in [0.25, 0.3) is 0 Å². The average Bonchev–Trinajstić information content (AvgIpc) is 2.22. The molecule has 0 bridgehead atoms. The van der Waals surface area contributed by atoms with E-state index in [4.69, 9.17) is 10.8 Å². The maximum absolute atomic E-state index is 10.7. The Morgan fingerprint density at radius 1 is 1.56 bits per heavy atom. The van der Waals surface area contributed by atoms with Crippen LogP contribution < -0.4 is 11.1 Å². The zero-order valence-corrected chi connectivity index (χ0v) is 9.08. The summed E-state index contributed by atoms with van der Waals surface area (Å²) < 4.78 is 0. The van der Waals surface area contributed by atoms with Gasteiger partial charge < -0.3 is 16.2 Å². The first-order valence-electron chi connectivity index (χ1n) is 4.90. The number of amides is 2. The van der Waals surface area contributed by atoms with Gasteiger partial charge in [0.05, 0.1) is 6.61 Å². The number of aryl methyl sites for hydroxylation is 1. The molecule has 0 unspecified atom stereocenters. The second-order valence-electron chi connectivity index (χ2n) is 3.29. The third kappa shape index (κ3) is 3.64. The minimum atomic E-state index is -0.594. The molecule has 84 valence electrons. The molecular weight excluding hydrogens is 204 g/mol. The molecule has 16 heavy (non-hydrogen) atoms. The Balaban J connectivity index is 2.90. The van der Waals surface area contributed by atoms with Gasteiger partial charge in [-0.3, -0.25) is 0 Å². The van der Waals surface area contributed by atoms with Gasteiger partial charge in [0.15, 0.2) is 0 Å². The van der Waals surface area contributed by atoms with Gasteiger partial charge in [0.1, 0.15) is 0 Å². The van der Waals surface area contributed by atoms with E-state index in [9.17, 15) is 4.79 Å². The number of rotatable bonds is 2. The highest BCUT2D eigenvalue weighted by Gasteiger charge is 2.00. The molecule has 1 aromatic rings. The van der Waals surface area contributed by atoms with Crippen molar-refractivity contribution in [2.24, 2.45) is 5.73 Å². The third-order valence-corrected chi connectivity index (χ3v) is 1.96. The summed E-state index contributed by atoms with van der Waals surface area (Å²) in [6, 6.07) is 4.87. The summed E-state index contributed by atoms with van der Waals surface area (Å²) in [5.41, 5.74) is 7.40. The monoisotopic (exact) mass is 218 g/mol. The molecule has 0 radical (unpaired) electrons. The van der Waals surface area contributed by atoms with E-state index in [-0.39, 0.29) is 6.61 Å². The number of hydrogen-bond acceptors (Lipinski definition) is 2. The Hall–Kier alpha value is -1.99. The van der Waals surface area contributed by atoms with Crippen LogP contribution in [0.3, 0.4) is 0 Å². The third-order valence-electron chi connectivity index (χ3n) is 1.96. The van der Waals surface area contributed by atoms with Crippen LogP contribution in [0.25, 0.3) is 0 Å². The van der Waals surface area contributed by atoms with E-state index in [1.165, 1.54) is 0 Å². The van der Waals surface area contributed by atoms with Crippen LogP contribution in [-0.4, -0.2) is 17.7 Å². The van der Waals surface area contributed by atoms with Crippen LogP contribution in [0, 0.1) is 18.8 Å². The molecule has 0 aliphatic rings. The number of nitrogens with one attached hydrogen (secondary N) is 1. The lowest BCUT2D eigenvalue weighted by Crippen LogP contribution is -2.19. The number of carbonyl (C=O) groups excluding carboxylic acids is 1. The second kappa shape index (κ2) is 5.79. The molecule has 0 saturated carbocycles. The van der Waals surface area contributed by atoms with Crippen molar-refractivity contribution in [3.05, 3.63) is 29.3 Å². The van der Waals surface area contributed by atoms with Crippen molar-refractivity contribution < 1.29 is 9.90 Å². The van der Waals surface area contributed by atoms with E-state index in [1.807, 2.05) is 19.1 Å². The fourth-order valence-corrected chi connectivity index (χ4v) is 1.19. The maximum Gasteiger partial charge on any atom is 0.316 e.